The number of ketones is 1. The number of carbonyl (C=O) groups is 2. The van der Waals surface area contributed by atoms with Crippen molar-refractivity contribution in [3.63, 3.8) is 0 Å². The van der Waals surface area contributed by atoms with Gasteiger partial charge in [-0.25, -0.2) is 0 Å². The van der Waals surface area contributed by atoms with E-state index in [4.69, 9.17) is 17.3 Å². The van der Waals surface area contributed by atoms with Crippen molar-refractivity contribution in [2.24, 2.45) is 5.73 Å². The van der Waals surface area contributed by atoms with Crippen molar-refractivity contribution in [1.82, 2.24) is 0 Å². The number of para-hydroxylation sites is 1. The number of fused-ring (bicyclic) bond motifs is 3. The Kier molecular flexibility index (Phi) is 4.21. The van der Waals surface area contributed by atoms with Gasteiger partial charge in [0.05, 0.1) is 11.3 Å². The third-order valence-corrected chi connectivity index (χ3v) is 6.58. The first kappa shape index (κ1) is 19.4. The minimum atomic E-state index is -1.54. The number of nitriles is 1. The molecule has 2 aromatic rings. The number of nitrogens with one attached hydrogen (secondary N) is 1. The molecule has 1 aliphatic carbocycles. The summed E-state index contributed by atoms with van der Waals surface area (Å²) in [6, 6.07) is 14.7. The van der Waals surface area contributed by atoms with Gasteiger partial charge in [-0.2, -0.15) is 5.26 Å². The fourth-order valence-corrected chi connectivity index (χ4v) is 5.21. The maximum Gasteiger partial charge on any atom is 0.245 e. The van der Waals surface area contributed by atoms with Gasteiger partial charge in [-0.1, -0.05) is 35.9 Å². The van der Waals surface area contributed by atoms with E-state index >= 15 is 0 Å². The Bertz CT molecular complexity index is 1290. The van der Waals surface area contributed by atoms with E-state index in [9.17, 15) is 14.9 Å². The van der Waals surface area contributed by atoms with E-state index in [1.165, 1.54) is 0 Å². The summed E-state index contributed by atoms with van der Waals surface area (Å²) in [6.45, 7) is 1.91. The van der Waals surface area contributed by atoms with Crippen LogP contribution < -0.4 is 16.0 Å². The second-order valence-electron chi connectivity index (χ2n) is 7.99. The lowest BCUT2D eigenvalue weighted by atomic mass is 9.64. The van der Waals surface area contributed by atoms with E-state index in [1.54, 1.807) is 41.3 Å². The molecule has 0 aromatic heterocycles. The van der Waals surface area contributed by atoms with Gasteiger partial charge in [0.2, 0.25) is 5.91 Å². The summed E-state index contributed by atoms with van der Waals surface area (Å²) in [5.41, 5.74) is 8.91. The molecule has 6 nitrogen and oxygen atoms in total. The smallest absolute Gasteiger partial charge is 0.245 e. The van der Waals surface area contributed by atoms with Crippen molar-refractivity contribution in [2.45, 2.75) is 31.6 Å². The molecule has 0 saturated heterocycles. The predicted octanol–water partition coefficient (Wildman–Crippen LogP) is 4.06. The molecule has 1 atom stereocenters. The first-order chi connectivity index (χ1) is 14.9. The van der Waals surface area contributed by atoms with Gasteiger partial charge >= 0.3 is 0 Å². The van der Waals surface area contributed by atoms with Gasteiger partial charge in [-0.15, -0.1) is 0 Å². The normalized spacial score (nSPS) is 22.4. The molecule has 1 unspecified atom stereocenters. The molecule has 3 aliphatic rings. The number of anilines is 2. The SMILES string of the molecule is Cc1ccc(Cl)cc1N1C(N)=C(C#N)C2(C(=O)Nc3ccccc32)C2=C1CCCC2=O. The van der Waals surface area contributed by atoms with Crippen molar-refractivity contribution in [3.05, 3.63) is 81.3 Å². The molecule has 5 rings (SSSR count). The van der Waals surface area contributed by atoms with Crippen LogP contribution in [0.5, 0.6) is 0 Å². The molecular weight excluding hydrogens is 412 g/mol. The predicted molar refractivity (Wildman–Crippen MR) is 118 cm³/mol. The van der Waals surface area contributed by atoms with Crippen molar-refractivity contribution >= 4 is 34.7 Å². The Balaban J connectivity index is 1.90. The second-order valence-corrected chi connectivity index (χ2v) is 8.42. The number of halogens is 1. The standard InChI is InChI=1S/C24H19ClN4O2/c1-13-9-10-14(25)11-19(13)29-18-7-4-8-20(30)21(18)24(16(12-26)22(29)27)15-5-2-3-6-17(15)28-23(24)31/h2-3,5-6,9-11H,4,7-8,27H2,1H3,(H,28,31). The highest BCUT2D eigenvalue weighted by atomic mass is 35.5. The molecule has 2 heterocycles. The quantitative estimate of drug-likeness (QED) is 0.710. The number of benzene rings is 2. The Morgan fingerprint density at radius 3 is 2.74 bits per heavy atom. The van der Waals surface area contributed by atoms with Crippen LogP contribution in [0.3, 0.4) is 0 Å². The van der Waals surface area contributed by atoms with Crippen LogP contribution in [0, 0.1) is 18.3 Å². The molecule has 1 spiro atoms. The summed E-state index contributed by atoms with van der Waals surface area (Å²) >= 11 is 6.27. The fraction of sp³-hybridized carbons (Fsp3) is 0.208. The third kappa shape index (κ3) is 2.44. The topological polar surface area (TPSA) is 99.2 Å². The van der Waals surface area contributed by atoms with Gasteiger partial charge in [-0.3, -0.25) is 14.5 Å². The number of hydrogen-bond donors (Lipinski definition) is 2. The van der Waals surface area contributed by atoms with Crippen molar-refractivity contribution in [1.29, 1.82) is 5.26 Å². The van der Waals surface area contributed by atoms with E-state index < -0.39 is 11.3 Å². The third-order valence-electron chi connectivity index (χ3n) is 6.35. The van der Waals surface area contributed by atoms with Crippen LogP contribution in [0.25, 0.3) is 0 Å². The van der Waals surface area contributed by atoms with Gasteiger partial charge in [-0.05, 0) is 43.5 Å². The minimum Gasteiger partial charge on any atom is -0.384 e. The van der Waals surface area contributed by atoms with Gasteiger partial charge in [0.25, 0.3) is 0 Å². The molecule has 0 saturated carbocycles. The Labute approximate surface area is 184 Å². The van der Waals surface area contributed by atoms with Crippen LogP contribution >= 0.6 is 11.6 Å². The lowest BCUT2D eigenvalue weighted by molar-refractivity contribution is -0.122. The summed E-state index contributed by atoms with van der Waals surface area (Å²) < 4.78 is 0. The first-order valence-corrected chi connectivity index (χ1v) is 10.4. The van der Waals surface area contributed by atoms with Gasteiger partial charge in [0.15, 0.2) is 5.78 Å². The summed E-state index contributed by atoms with van der Waals surface area (Å²) in [5, 5.41) is 13.6. The van der Waals surface area contributed by atoms with E-state index in [-0.39, 0.29) is 17.2 Å². The molecule has 2 aliphatic heterocycles. The van der Waals surface area contributed by atoms with Crippen LogP contribution in [0.4, 0.5) is 11.4 Å². The highest BCUT2D eigenvalue weighted by molar-refractivity contribution is 6.31. The summed E-state index contributed by atoms with van der Waals surface area (Å²) in [6.07, 6.45) is 1.52. The first-order valence-electron chi connectivity index (χ1n) is 10.1. The number of amides is 1. The Hall–Kier alpha value is -3.56. The molecule has 31 heavy (non-hydrogen) atoms. The molecule has 3 N–H and O–H groups in total. The monoisotopic (exact) mass is 430 g/mol. The summed E-state index contributed by atoms with van der Waals surface area (Å²) in [7, 11) is 0. The lowest BCUT2D eigenvalue weighted by Crippen LogP contribution is -2.50. The average molecular weight is 431 g/mol. The van der Waals surface area contributed by atoms with Gasteiger partial charge in [0, 0.05) is 34.0 Å². The number of Topliss-reactive ketones (excluding diaryl/α,β-unsaturated/α-hetero) is 1. The van der Waals surface area contributed by atoms with Crippen LogP contribution in [0.2, 0.25) is 5.02 Å². The fourth-order valence-electron chi connectivity index (χ4n) is 5.04. The van der Waals surface area contributed by atoms with Crippen LogP contribution in [-0.4, -0.2) is 11.7 Å². The Morgan fingerprint density at radius 2 is 1.97 bits per heavy atom. The Morgan fingerprint density at radius 1 is 1.19 bits per heavy atom. The molecular formula is C24H19ClN4O2. The maximum absolute atomic E-state index is 13.5. The number of nitrogens with zero attached hydrogens (tertiary/aromatic N) is 2. The van der Waals surface area contributed by atoms with Crippen LogP contribution in [0.15, 0.2) is 65.1 Å². The maximum atomic E-state index is 13.5. The number of hydrogen-bond acceptors (Lipinski definition) is 5. The number of rotatable bonds is 1. The van der Waals surface area contributed by atoms with Crippen molar-refractivity contribution < 1.29 is 9.59 Å². The number of aryl methyl sites for hydroxylation is 1. The number of allylic oxidation sites excluding steroid dienone is 1. The zero-order valence-electron chi connectivity index (χ0n) is 16.8. The number of carbonyl (C=O) groups excluding carboxylic acids is 2. The largest absolute Gasteiger partial charge is 0.384 e. The highest BCUT2D eigenvalue weighted by Crippen LogP contribution is 2.55. The molecule has 154 valence electrons. The molecule has 2 aromatic carbocycles. The molecule has 1 amide bonds. The van der Waals surface area contributed by atoms with Gasteiger partial charge < -0.3 is 11.1 Å². The van der Waals surface area contributed by atoms with Crippen molar-refractivity contribution in [3.8, 4) is 6.07 Å². The molecule has 7 heteroatoms. The molecule has 0 radical (unpaired) electrons. The van der Waals surface area contributed by atoms with E-state index in [0.29, 0.717) is 52.5 Å². The summed E-state index contributed by atoms with van der Waals surface area (Å²) in [4.78, 5) is 28.6. The van der Waals surface area contributed by atoms with Crippen molar-refractivity contribution in [2.75, 3.05) is 10.2 Å². The van der Waals surface area contributed by atoms with E-state index in [1.807, 2.05) is 13.0 Å². The zero-order chi connectivity index (χ0) is 21.9. The van der Waals surface area contributed by atoms with E-state index in [0.717, 1.165) is 5.56 Å². The minimum absolute atomic E-state index is 0.0586. The molecule has 0 fully saturated rings. The van der Waals surface area contributed by atoms with E-state index in [2.05, 4.69) is 11.4 Å². The van der Waals surface area contributed by atoms with Gasteiger partial charge in [0.1, 0.15) is 17.3 Å². The van der Waals surface area contributed by atoms with Crippen LogP contribution in [0.1, 0.15) is 30.4 Å². The average Bonchev–Trinajstić information content (AvgIpc) is 3.03. The number of nitrogens with two attached hydrogens (primary N) is 1. The highest BCUT2D eigenvalue weighted by Gasteiger charge is 2.60. The second kappa shape index (κ2) is 6.73. The van der Waals surface area contributed by atoms with Crippen LogP contribution in [-0.2, 0) is 15.0 Å². The zero-order valence-corrected chi connectivity index (χ0v) is 17.6. The molecule has 0 bridgehead atoms. The lowest BCUT2D eigenvalue weighted by Gasteiger charge is -2.43. The summed E-state index contributed by atoms with van der Waals surface area (Å²) in [5.74, 6) is -0.412.